The Labute approximate surface area is 131 Å². The molecule has 1 aromatic carbocycles. The number of ether oxygens (including phenoxy) is 1. The minimum atomic E-state index is -0.479. The van der Waals surface area contributed by atoms with Gasteiger partial charge in [-0.2, -0.15) is 0 Å². The van der Waals surface area contributed by atoms with Gasteiger partial charge in [-0.3, -0.25) is 0 Å². The summed E-state index contributed by atoms with van der Waals surface area (Å²) in [5.41, 5.74) is 1.77. The Bertz CT molecular complexity index is 540. The Morgan fingerprint density at radius 3 is 2.86 bits per heavy atom. The minimum Gasteiger partial charge on any atom is -0.444 e. The Morgan fingerprint density at radius 2 is 2.18 bits per heavy atom. The molecule has 122 valence electrons. The van der Waals surface area contributed by atoms with Crippen LogP contribution in [0.15, 0.2) is 18.2 Å². The molecule has 0 aliphatic heterocycles. The number of rotatable bonds is 4. The van der Waals surface area contributed by atoms with Crippen LogP contribution in [0.3, 0.4) is 0 Å². The molecule has 2 rings (SSSR count). The molecule has 0 radical (unpaired) electrons. The van der Waals surface area contributed by atoms with Crippen molar-refractivity contribution in [3.63, 3.8) is 0 Å². The number of carbonyl (C=O) groups is 1. The first-order valence-electron chi connectivity index (χ1n) is 7.72. The summed E-state index contributed by atoms with van der Waals surface area (Å²) < 4.78 is 18.5. The highest BCUT2D eigenvalue weighted by Gasteiger charge is 2.23. The van der Waals surface area contributed by atoms with Crippen molar-refractivity contribution in [1.29, 1.82) is 0 Å². The largest absolute Gasteiger partial charge is 0.444 e. The second-order valence-electron chi connectivity index (χ2n) is 6.79. The van der Waals surface area contributed by atoms with Crippen LogP contribution in [-0.4, -0.2) is 36.7 Å². The van der Waals surface area contributed by atoms with E-state index in [1.807, 2.05) is 26.8 Å². The van der Waals surface area contributed by atoms with E-state index in [-0.39, 0.29) is 18.0 Å². The number of hydrogen-bond acceptors (Lipinski definition) is 3. The molecule has 1 aliphatic rings. The highest BCUT2D eigenvalue weighted by Crippen LogP contribution is 2.31. The van der Waals surface area contributed by atoms with Gasteiger partial charge in [-0.1, -0.05) is 6.07 Å². The molecular weight excluding hydrogens is 283 g/mol. The molecule has 1 N–H and O–H groups in total. The van der Waals surface area contributed by atoms with Crippen LogP contribution in [0, 0.1) is 5.82 Å². The Kier molecular flexibility index (Phi) is 5.06. The van der Waals surface area contributed by atoms with Crippen LogP contribution in [0.1, 0.15) is 44.4 Å². The molecule has 1 amide bonds. The van der Waals surface area contributed by atoms with Crippen molar-refractivity contribution in [2.75, 3.05) is 20.1 Å². The summed E-state index contributed by atoms with van der Waals surface area (Å²) in [6.45, 7) is 6.81. The van der Waals surface area contributed by atoms with Gasteiger partial charge in [0.15, 0.2) is 0 Å². The van der Waals surface area contributed by atoms with E-state index in [0.717, 1.165) is 18.4 Å². The van der Waals surface area contributed by atoms with Gasteiger partial charge >= 0.3 is 6.09 Å². The van der Waals surface area contributed by atoms with Crippen molar-refractivity contribution in [3.8, 4) is 0 Å². The van der Waals surface area contributed by atoms with Crippen molar-refractivity contribution in [3.05, 3.63) is 35.1 Å². The molecule has 0 aromatic heterocycles. The Hall–Kier alpha value is -1.62. The molecule has 22 heavy (non-hydrogen) atoms. The summed E-state index contributed by atoms with van der Waals surface area (Å²) in [5.74, 6) is -0.177. The highest BCUT2D eigenvalue weighted by molar-refractivity contribution is 5.67. The van der Waals surface area contributed by atoms with Crippen molar-refractivity contribution >= 4 is 6.09 Å². The lowest BCUT2D eigenvalue weighted by Gasteiger charge is -2.25. The van der Waals surface area contributed by atoms with Gasteiger partial charge in [0.25, 0.3) is 0 Å². The van der Waals surface area contributed by atoms with E-state index in [9.17, 15) is 9.18 Å². The number of fused-ring (bicyclic) bond motifs is 1. The molecule has 1 aliphatic carbocycles. The van der Waals surface area contributed by atoms with Gasteiger partial charge in [-0.15, -0.1) is 0 Å². The zero-order valence-corrected chi connectivity index (χ0v) is 13.8. The van der Waals surface area contributed by atoms with Crippen LogP contribution in [0.5, 0.6) is 0 Å². The molecule has 1 atom stereocenters. The van der Waals surface area contributed by atoms with E-state index >= 15 is 0 Å². The third kappa shape index (κ3) is 4.44. The summed E-state index contributed by atoms with van der Waals surface area (Å²) >= 11 is 0. The summed E-state index contributed by atoms with van der Waals surface area (Å²) in [5, 5.41) is 3.43. The quantitative estimate of drug-likeness (QED) is 0.928. The molecule has 0 fully saturated rings. The van der Waals surface area contributed by atoms with E-state index in [2.05, 4.69) is 5.32 Å². The fourth-order valence-electron chi connectivity index (χ4n) is 2.64. The van der Waals surface area contributed by atoms with Gasteiger partial charge in [0, 0.05) is 26.2 Å². The Morgan fingerprint density at radius 1 is 1.45 bits per heavy atom. The van der Waals surface area contributed by atoms with E-state index < -0.39 is 5.60 Å². The van der Waals surface area contributed by atoms with E-state index in [4.69, 9.17) is 4.74 Å². The number of nitrogens with zero attached hydrogens (tertiary/aromatic N) is 1. The first-order chi connectivity index (χ1) is 10.3. The monoisotopic (exact) mass is 308 g/mol. The molecule has 4 nitrogen and oxygen atoms in total. The van der Waals surface area contributed by atoms with Crippen molar-refractivity contribution in [2.24, 2.45) is 0 Å². The van der Waals surface area contributed by atoms with Crippen LogP contribution < -0.4 is 5.32 Å². The van der Waals surface area contributed by atoms with Gasteiger partial charge in [0.2, 0.25) is 0 Å². The number of carbonyl (C=O) groups excluding carboxylic acids is 1. The van der Waals surface area contributed by atoms with E-state index in [1.165, 1.54) is 11.6 Å². The fourth-order valence-corrected chi connectivity index (χ4v) is 2.64. The number of halogens is 1. The maximum Gasteiger partial charge on any atom is 0.410 e. The summed E-state index contributed by atoms with van der Waals surface area (Å²) in [6, 6.07) is 5.21. The lowest BCUT2D eigenvalue weighted by atomic mass is 10.1. The lowest BCUT2D eigenvalue weighted by Crippen LogP contribution is -2.38. The predicted octanol–water partition coefficient (Wildman–Crippen LogP) is 3.27. The lowest BCUT2D eigenvalue weighted by molar-refractivity contribution is 0.0299. The zero-order valence-electron chi connectivity index (χ0n) is 13.8. The van der Waals surface area contributed by atoms with Crippen molar-refractivity contribution in [2.45, 2.75) is 45.3 Å². The number of likely N-dealkylation sites (N-methyl/N-ethyl adjacent to an activating group) is 1. The Balaban J connectivity index is 1.80. The molecule has 0 saturated carbocycles. The van der Waals surface area contributed by atoms with Gasteiger partial charge in [0.1, 0.15) is 11.4 Å². The highest BCUT2D eigenvalue weighted by atomic mass is 19.1. The third-order valence-electron chi connectivity index (χ3n) is 3.73. The molecule has 0 saturated heterocycles. The van der Waals surface area contributed by atoms with E-state index in [1.54, 1.807) is 18.0 Å². The minimum absolute atomic E-state index is 0.177. The fraction of sp³-hybridized carbons (Fsp3) is 0.588. The number of benzene rings is 1. The average Bonchev–Trinajstić information content (AvgIpc) is 2.79. The number of amides is 1. The normalized spacial score (nSPS) is 17.2. The molecular formula is C17H25FN2O2. The predicted molar refractivity (Wildman–Crippen MR) is 84.3 cm³/mol. The third-order valence-corrected chi connectivity index (χ3v) is 3.73. The number of hydrogen-bond donors (Lipinski definition) is 1. The average molecular weight is 308 g/mol. The van der Waals surface area contributed by atoms with Gasteiger partial charge in [-0.05, 0) is 56.9 Å². The molecule has 0 heterocycles. The first kappa shape index (κ1) is 16.7. The molecule has 0 spiro atoms. The van der Waals surface area contributed by atoms with Crippen LogP contribution in [0.25, 0.3) is 0 Å². The maximum absolute atomic E-state index is 13.2. The molecule has 1 aromatic rings. The van der Waals surface area contributed by atoms with Crippen molar-refractivity contribution < 1.29 is 13.9 Å². The van der Waals surface area contributed by atoms with Crippen LogP contribution in [0.4, 0.5) is 9.18 Å². The maximum atomic E-state index is 13.2. The topological polar surface area (TPSA) is 41.6 Å². The summed E-state index contributed by atoms with van der Waals surface area (Å²) in [4.78, 5) is 13.4. The summed E-state index contributed by atoms with van der Waals surface area (Å²) in [6.07, 6.45) is 1.55. The zero-order chi connectivity index (χ0) is 16.3. The second-order valence-corrected chi connectivity index (χ2v) is 6.79. The molecule has 0 bridgehead atoms. The SMILES string of the molecule is CN(CCNC1CCc2cc(F)ccc21)C(=O)OC(C)(C)C. The molecule has 5 heteroatoms. The smallest absolute Gasteiger partial charge is 0.410 e. The van der Waals surface area contributed by atoms with Crippen LogP contribution in [-0.2, 0) is 11.2 Å². The standard InChI is InChI=1S/C17H25FN2O2/c1-17(2,3)22-16(21)20(4)10-9-19-15-8-5-12-11-13(18)6-7-14(12)15/h6-7,11,15,19H,5,8-10H2,1-4H3. The van der Waals surface area contributed by atoms with Crippen molar-refractivity contribution in [1.82, 2.24) is 10.2 Å². The number of nitrogens with one attached hydrogen (secondary N) is 1. The van der Waals surface area contributed by atoms with E-state index in [0.29, 0.717) is 13.1 Å². The van der Waals surface area contributed by atoms with Gasteiger partial charge in [0.05, 0.1) is 0 Å². The first-order valence-corrected chi connectivity index (χ1v) is 7.72. The van der Waals surface area contributed by atoms with Gasteiger partial charge < -0.3 is 15.0 Å². The van der Waals surface area contributed by atoms with Crippen LogP contribution in [0.2, 0.25) is 0 Å². The summed E-state index contributed by atoms with van der Waals surface area (Å²) in [7, 11) is 1.73. The second kappa shape index (κ2) is 6.65. The van der Waals surface area contributed by atoms with Crippen LogP contribution >= 0.6 is 0 Å². The molecule has 1 unspecified atom stereocenters. The number of aryl methyl sites for hydroxylation is 1. The van der Waals surface area contributed by atoms with Gasteiger partial charge in [-0.25, -0.2) is 9.18 Å².